The largest absolute Gasteiger partial charge is 0.352 e. The number of hydrogen-bond donors (Lipinski definition) is 2. The van der Waals surface area contributed by atoms with Crippen molar-refractivity contribution in [3.05, 3.63) is 69.7 Å². The molecule has 30 heavy (non-hydrogen) atoms. The van der Waals surface area contributed by atoms with Crippen molar-refractivity contribution in [3.8, 4) is 0 Å². The van der Waals surface area contributed by atoms with Crippen molar-refractivity contribution in [1.82, 2.24) is 10.6 Å². The van der Waals surface area contributed by atoms with Crippen LogP contribution in [0.1, 0.15) is 36.8 Å². The van der Waals surface area contributed by atoms with Gasteiger partial charge in [-0.05, 0) is 48.9 Å². The average Bonchev–Trinajstić information content (AvgIpc) is 2.72. The summed E-state index contributed by atoms with van der Waals surface area (Å²) in [5.74, 6) is -0.0186. The number of carbonyl (C=O) groups excluding carboxylic acids is 2. The maximum Gasteiger partial charge on any atom is 0.223 e. The summed E-state index contributed by atoms with van der Waals surface area (Å²) >= 11 is 12.3. The van der Waals surface area contributed by atoms with E-state index in [4.69, 9.17) is 23.2 Å². The second kappa shape index (κ2) is 13.1. The van der Waals surface area contributed by atoms with Gasteiger partial charge < -0.3 is 10.6 Å². The van der Waals surface area contributed by atoms with Crippen LogP contribution in [0.25, 0.3) is 0 Å². The summed E-state index contributed by atoms with van der Waals surface area (Å²) in [7, 11) is 0. The summed E-state index contributed by atoms with van der Waals surface area (Å²) < 4.78 is 0. The van der Waals surface area contributed by atoms with Crippen molar-refractivity contribution in [2.45, 2.75) is 38.8 Å². The van der Waals surface area contributed by atoms with Crippen LogP contribution in [0.2, 0.25) is 10.0 Å². The van der Waals surface area contributed by atoms with Crippen LogP contribution in [0.4, 0.5) is 0 Å². The molecule has 0 spiro atoms. The molecule has 0 heterocycles. The van der Waals surface area contributed by atoms with Crippen LogP contribution in [-0.4, -0.2) is 11.8 Å². The van der Waals surface area contributed by atoms with Crippen LogP contribution in [-0.2, 0) is 22.7 Å². The van der Waals surface area contributed by atoms with Crippen LogP contribution in [0.3, 0.4) is 0 Å². The van der Waals surface area contributed by atoms with Gasteiger partial charge in [0.05, 0.1) is 0 Å². The monoisotopic (exact) mass is 490 g/mol. The lowest BCUT2D eigenvalue weighted by molar-refractivity contribution is -0.130. The number of amides is 2. The maximum atomic E-state index is 12.4. The summed E-state index contributed by atoms with van der Waals surface area (Å²) in [5.41, 5.74) is 1.82. The highest BCUT2D eigenvalue weighted by Crippen LogP contribution is 2.29. The zero-order valence-corrected chi connectivity index (χ0v) is 19.5. The molecule has 0 aromatic heterocycles. The summed E-state index contributed by atoms with van der Waals surface area (Å²) in [4.78, 5) is 24.9. The normalized spacial score (nSPS) is 17.8. The third kappa shape index (κ3) is 7.35. The lowest BCUT2D eigenvalue weighted by Gasteiger charge is -2.27. The van der Waals surface area contributed by atoms with E-state index in [9.17, 15) is 9.59 Å². The van der Waals surface area contributed by atoms with Crippen LogP contribution < -0.4 is 10.6 Å². The Morgan fingerprint density at radius 2 is 1.03 bits per heavy atom. The SMILES string of the molecule is Cl.Cl.O=C(NCc1ccccc1Cl)C1CCC(C(=O)NCc2ccccc2Cl)CC1. The minimum absolute atomic E-state index is 0. The number of halogens is 4. The first-order chi connectivity index (χ1) is 13.5. The third-order valence-electron chi connectivity index (χ3n) is 5.29. The van der Waals surface area contributed by atoms with Crippen LogP contribution in [0.15, 0.2) is 48.5 Å². The Kier molecular flexibility index (Phi) is 11.6. The average molecular weight is 492 g/mol. The second-order valence-electron chi connectivity index (χ2n) is 7.17. The van der Waals surface area contributed by atoms with E-state index in [1.807, 2.05) is 48.5 Å². The van der Waals surface area contributed by atoms with E-state index >= 15 is 0 Å². The highest BCUT2D eigenvalue weighted by atomic mass is 35.5. The summed E-state index contributed by atoms with van der Waals surface area (Å²) in [5, 5.41) is 7.24. The number of nitrogens with one attached hydrogen (secondary N) is 2. The Labute approximate surface area is 199 Å². The topological polar surface area (TPSA) is 58.2 Å². The zero-order chi connectivity index (χ0) is 19.9. The number of rotatable bonds is 6. The molecule has 1 aliphatic carbocycles. The maximum absolute atomic E-state index is 12.4. The molecule has 2 amide bonds. The molecule has 0 saturated heterocycles. The Morgan fingerprint density at radius 3 is 1.37 bits per heavy atom. The van der Waals surface area contributed by atoms with Gasteiger partial charge in [-0.15, -0.1) is 24.8 Å². The molecule has 1 saturated carbocycles. The molecule has 0 aliphatic heterocycles. The van der Waals surface area contributed by atoms with Gasteiger partial charge in [0.2, 0.25) is 11.8 Å². The molecule has 164 valence electrons. The lowest BCUT2D eigenvalue weighted by atomic mass is 9.81. The molecule has 0 radical (unpaired) electrons. The van der Waals surface area contributed by atoms with Crippen molar-refractivity contribution >= 4 is 59.8 Å². The van der Waals surface area contributed by atoms with Gasteiger partial charge in [-0.3, -0.25) is 9.59 Å². The molecular formula is C22H26Cl4N2O2. The van der Waals surface area contributed by atoms with Crippen molar-refractivity contribution in [3.63, 3.8) is 0 Å². The molecule has 0 unspecified atom stereocenters. The van der Waals surface area contributed by atoms with Crippen LogP contribution in [0.5, 0.6) is 0 Å². The van der Waals surface area contributed by atoms with E-state index in [0.29, 0.717) is 23.1 Å². The Hall–Kier alpha value is -1.46. The number of carbonyl (C=O) groups is 2. The molecule has 0 atom stereocenters. The molecule has 1 aliphatic rings. The second-order valence-corrected chi connectivity index (χ2v) is 7.98. The van der Waals surface area contributed by atoms with Gasteiger partial charge in [0.1, 0.15) is 0 Å². The first kappa shape index (κ1) is 26.6. The standard InChI is InChI=1S/C22H24Cl2N2O2.2ClH/c23-19-7-3-1-5-17(19)13-25-21(27)15-9-11-16(12-10-15)22(28)26-14-18-6-2-4-8-20(18)24;;/h1-8,15-16H,9-14H2,(H,25,27)(H,26,28);2*1H. The van der Waals surface area contributed by atoms with Gasteiger partial charge in [-0.1, -0.05) is 59.6 Å². The van der Waals surface area contributed by atoms with E-state index in [1.54, 1.807) is 0 Å². The predicted molar refractivity (Wildman–Crippen MR) is 127 cm³/mol. The molecular weight excluding hydrogens is 466 g/mol. The summed E-state index contributed by atoms with van der Waals surface area (Å²) in [6.45, 7) is 0.855. The fourth-order valence-corrected chi connectivity index (χ4v) is 3.96. The molecule has 2 aromatic carbocycles. The molecule has 2 N–H and O–H groups in total. The Morgan fingerprint density at radius 1 is 0.700 bits per heavy atom. The third-order valence-corrected chi connectivity index (χ3v) is 6.03. The van der Waals surface area contributed by atoms with Crippen molar-refractivity contribution < 1.29 is 9.59 Å². The van der Waals surface area contributed by atoms with E-state index in [0.717, 1.165) is 36.8 Å². The number of benzene rings is 2. The highest BCUT2D eigenvalue weighted by Gasteiger charge is 2.29. The van der Waals surface area contributed by atoms with Gasteiger partial charge >= 0.3 is 0 Å². The number of hydrogen-bond acceptors (Lipinski definition) is 2. The Balaban J connectivity index is 0.00000225. The Bertz CT molecular complexity index is 770. The van der Waals surface area contributed by atoms with Gasteiger partial charge in [-0.2, -0.15) is 0 Å². The first-order valence-corrected chi connectivity index (χ1v) is 10.3. The van der Waals surface area contributed by atoms with Crippen molar-refractivity contribution in [2.75, 3.05) is 0 Å². The smallest absolute Gasteiger partial charge is 0.223 e. The fraction of sp³-hybridized carbons (Fsp3) is 0.364. The molecule has 1 fully saturated rings. The minimum Gasteiger partial charge on any atom is -0.352 e. The quantitative estimate of drug-likeness (QED) is 0.554. The summed E-state index contributed by atoms with van der Waals surface area (Å²) in [6, 6.07) is 15.0. The van der Waals surface area contributed by atoms with Crippen LogP contribution >= 0.6 is 48.0 Å². The van der Waals surface area contributed by atoms with E-state index in [1.165, 1.54) is 0 Å². The molecule has 0 bridgehead atoms. The van der Waals surface area contributed by atoms with E-state index in [-0.39, 0.29) is 48.5 Å². The first-order valence-electron chi connectivity index (χ1n) is 9.57. The van der Waals surface area contributed by atoms with Gasteiger partial charge in [0.15, 0.2) is 0 Å². The van der Waals surface area contributed by atoms with E-state index in [2.05, 4.69) is 10.6 Å². The molecule has 4 nitrogen and oxygen atoms in total. The van der Waals surface area contributed by atoms with Gasteiger partial charge in [0, 0.05) is 35.0 Å². The summed E-state index contributed by atoms with van der Waals surface area (Å²) in [6.07, 6.45) is 2.88. The van der Waals surface area contributed by atoms with Gasteiger partial charge in [-0.25, -0.2) is 0 Å². The van der Waals surface area contributed by atoms with Gasteiger partial charge in [0.25, 0.3) is 0 Å². The predicted octanol–water partition coefficient (Wildman–Crippen LogP) is 5.58. The highest BCUT2D eigenvalue weighted by molar-refractivity contribution is 6.31. The molecule has 2 aromatic rings. The van der Waals surface area contributed by atoms with Crippen LogP contribution in [0, 0.1) is 11.8 Å². The van der Waals surface area contributed by atoms with Crippen molar-refractivity contribution in [1.29, 1.82) is 0 Å². The minimum atomic E-state index is -0.0462. The van der Waals surface area contributed by atoms with Crippen molar-refractivity contribution in [2.24, 2.45) is 11.8 Å². The molecule has 8 heteroatoms. The lowest BCUT2D eigenvalue weighted by Crippen LogP contribution is -2.37. The fourth-order valence-electron chi connectivity index (χ4n) is 3.55. The molecule has 3 rings (SSSR count). The van der Waals surface area contributed by atoms with E-state index < -0.39 is 0 Å². The zero-order valence-electron chi connectivity index (χ0n) is 16.4.